The van der Waals surface area contributed by atoms with Gasteiger partial charge in [-0.25, -0.2) is 0 Å². The average Bonchev–Trinajstić information content (AvgIpc) is 2.75. The molecule has 0 aliphatic carbocycles. The molecule has 0 saturated carbocycles. The van der Waals surface area contributed by atoms with Crippen molar-refractivity contribution in [2.45, 2.75) is 6.42 Å². The van der Waals surface area contributed by atoms with Gasteiger partial charge in [0, 0.05) is 29.0 Å². The molecule has 3 nitrogen and oxygen atoms in total. The van der Waals surface area contributed by atoms with Gasteiger partial charge in [-0.05, 0) is 34.6 Å². The summed E-state index contributed by atoms with van der Waals surface area (Å²) in [5, 5.41) is 6.53. The second-order valence-corrected chi connectivity index (χ2v) is 5.14. The summed E-state index contributed by atoms with van der Waals surface area (Å²) < 4.78 is 3.00. The molecule has 0 bridgehead atoms. The first-order valence-corrected chi connectivity index (χ1v) is 6.35. The molecule has 2 heterocycles. The van der Waals surface area contributed by atoms with E-state index in [1.807, 2.05) is 11.7 Å². The highest BCUT2D eigenvalue weighted by Gasteiger charge is 2.08. The number of halogens is 1. The van der Waals surface area contributed by atoms with Crippen LogP contribution in [0, 0.1) is 0 Å². The van der Waals surface area contributed by atoms with Crippen LogP contribution < -0.4 is 5.73 Å². The van der Waals surface area contributed by atoms with Crippen molar-refractivity contribution in [1.82, 2.24) is 9.78 Å². The minimum atomic E-state index is 0.660. The monoisotopic (exact) mass is 285 g/mol. The lowest BCUT2D eigenvalue weighted by Gasteiger charge is -1.96. The molecule has 2 aromatic heterocycles. The summed E-state index contributed by atoms with van der Waals surface area (Å²) in [7, 11) is 1.96. The highest BCUT2D eigenvalue weighted by atomic mass is 79.9. The Morgan fingerprint density at radius 3 is 2.93 bits per heavy atom. The van der Waals surface area contributed by atoms with E-state index in [2.05, 4.69) is 38.5 Å². The molecule has 5 heteroatoms. The van der Waals surface area contributed by atoms with Gasteiger partial charge in [0.2, 0.25) is 0 Å². The molecule has 2 aromatic rings. The Labute approximate surface area is 101 Å². The van der Waals surface area contributed by atoms with Gasteiger partial charge in [-0.1, -0.05) is 0 Å². The highest BCUT2D eigenvalue weighted by molar-refractivity contribution is 9.10. The van der Waals surface area contributed by atoms with E-state index in [0.717, 1.165) is 16.6 Å². The largest absolute Gasteiger partial charge is 0.330 e. The Morgan fingerprint density at radius 2 is 2.33 bits per heavy atom. The molecule has 80 valence electrons. The third-order valence-electron chi connectivity index (χ3n) is 2.20. The van der Waals surface area contributed by atoms with Crippen molar-refractivity contribution >= 4 is 27.3 Å². The van der Waals surface area contributed by atoms with Gasteiger partial charge in [-0.2, -0.15) is 5.10 Å². The van der Waals surface area contributed by atoms with Crippen LogP contribution in [0.5, 0.6) is 0 Å². The Hall–Kier alpha value is -0.650. The Morgan fingerprint density at radius 1 is 1.53 bits per heavy atom. The van der Waals surface area contributed by atoms with Crippen LogP contribution in [0.3, 0.4) is 0 Å². The van der Waals surface area contributed by atoms with E-state index in [9.17, 15) is 0 Å². The van der Waals surface area contributed by atoms with Crippen LogP contribution >= 0.6 is 27.3 Å². The normalized spacial score (nSPS) is 10.9. The van der Waals surface area contributed by atoms with Crippen molar-refractivity contribution in [3.05, 3.63) is 27.7 Å². The van der Waals surface area contributed by atoms with Crippen LogP contribution in [-0.4, -0.2) is 16.3 Å². The first-order valence-electron chi connectivity index (χ1n) is 4.68. The SMILES string of the molecule is Cn1nc(-c2cc(Br)cs2)cc1CCN. The molecule has 15 heavy (non-hydrogen) atoms. The average molecular weight is 286 g/mol. The predicted molar refractivity (Wildman–Crippen MR) is 67.0 cm³/mol. The molecule has 0 spiro atoms. The first kappa shape index (κ1) is 10.9. The first-order chi connectivity index (χ1) is 7.20. The summed E-state index contributed by atoms with van der Waals surface area (Å²) >= 11 is 5.13. The molecule has 0 aliphatic rings. The summed E-state index contributed by atoms with van der Waals surface area (Å²) in [5.74, 6) is 0. The van der Waals surface area contributed by atoms with Crippen molar-refractivity contribution in [2.24, 2.45) is 12.8 Å². The molecule has 2 rings (SSSR count). The lowest BCUT2D eigenvalue weighted by atomic mass is 10.2. The fourth-order valence-electron chi connectivity index (χ4n) is 1.46. The smallest absolute Gasteiger partial charge is 0.103 e. The standard InChI is InChI=1S/C10H12BrN3S/c1-14-8(2-3-12)5-9(13-14)10-4-7(11)6-15-10/h4-6H,2-3,12H2,1H3. The van der Waals surface area contributed by atoms with E-state index in [1.54, 1.807) is 11.3 Å². The third kappa shape index (κ3) is 2.30. The number of hydrogen-bond donors (Lipinski definition) is 1. The molecule has 0 atom stereocenters. The van der Waals surface area contributed by atoms with Crippen molar-refractivity contribution in [2.75, 3.05) is 6.54 Å². The molecule has 0 radical (unpaired) electrons. The van der Waals surface area contributed by atoms with E-state index >= 15 is 0 Å². The number of aryl methyl sites for hydroxylation is 1. The maximum atomic E-state index is 5.54. The zero-order valence-electron chi connectivity index (χ0n) is 8.40. The van der Waals surface area contributed by atoms with Gasteiger partial charge in [0.05, 0.1) is 4.88 Å². The fourth-order valence-corrected chi connectivity index (χ4v) is 2.84. The summed E-state index contributed by atoms with van der Waals surface area (Å²) in [4.78, 5) is 1.18. The molecule has 0 fully saturated rings. The molecule has 0 aromatic carbocycles. The predicted octanol–water partition coefficient (Wildman–Crippen LogP) is 2.41. The van der Waals surface area contributed by atoms with E-state index < -0.39 is 0 Å². The van der Waals surface area contributed by atoms with Crippen molar-refractivity contribution < 1.29 is 0 Å². The summed E-state index contributed by atoms with van der Waals surface area (Å²) in [5.41, 5.74) is 7.74. The van der Waals surface area contributed by atoms with Gasteiger partial charge >= 0.3 is 0 Å². The molecule has 2 N–H and O–H groups in total. The van der Waals surface area contributed by atoms with Crippen LogP contribution in [0.25, 0.3) is 10.6 Å². The zero-order valence-corrected chi connectivity index (χ0v) is 10.8. The number of aromatic nitrogens is 2. The second kappa shape index (κ2) is 4.47. The van der Waals surface area contributed by atoms with Crippen LogP contribution in [0.15, 0.2) is 22.0 Å². The van der Waals surface area contributed by atoms with Crippen molar-refractivity contribution in [3.63, 3.8) is 0 Å². The van der Waals surface area contributed by atoms with Gasteiger partial charge in [0.1, 0.15) is 5.69 Å². The van der Waals surface area contributed by atoms with Crippen molar-refractivity contribution in [3.8, 4) is 10.6 Å². The number of hydrogen-bond acceptors (Lipinski definition) is 3. The molecule has 0 unspecified atom stereocenters. The van der Waals surface area contributed by atoms with E-state index in [0.29, 0.717) is 6.54 Å². The van der Waals surface area contributed by atoms with Crippen LogP contribution in [0.4, 0.5) is 0 Å². The lowest BCUT2D eigenvalue weighted by Crippen LogP contribution is -2.06. The second-order valence-electron chi connectivity index (χ2n) is 3.31. The molecular formula is C10H12BrN3S. The number of rotatable bonds is 3. The Bertz CT molecular complexity index is 461. The highest BCUT2D eigenvalue weighted by Crippen LogP contribution is 2.29. The Balaban J connectivity index is 2.33. The Kier molecular flexibility index (Phi) is 3.23. The molecule has 0 aliphatic heterocycles. The van der Waals surface area contributed by atoms with E-state index in [-0.39, 0.29) is 0 Å². The number of thiophene rings is 1. The third-order valence-corrected chi connectivity index (χ3v) is 3.91. The minimum Gasteiger partial charge on any atom is -0.330 e. The topological polar surface area (TPSA) is 43.8 Å². The summed E-state index contributed by atoms with van der Waals surface area (Å²) in [6, 6.07) is 4.18. The zero-order chi connectivity index (χ0) is 10.8. The summed E-state index contributed by atoms with van der Waals surface area (Å²) in [6.07, 6.45) is 0.871. The van der Waals surface area contributed by atoms with Gasteiger partial charge < -0.3 is 5.73 Å². The van der Waals surface area contributed by atoms with Crippen LogP contribution in [0.2, 0.25) is 0 Å². The van der Waals surface area contributed by atoms with E-state index in [4.69, 9.17) is 5.73 Å². The number of nitrogens with two attached hydrogens (primary N) is 1. The number of nitrogens with zero attached hydrogens (tertiary/aromatic N) is 2. The van der Waals surface area contributed by atoms with Gasteiger partial charge in [0.15, 0.2) is 0 Å². The summed E-state index contributed by atoms with van der Waals surface area (Å²) in [6.45, 7) is 0.660. The van der Waals surface area contributed by atoms with Gasteiger partial charge in [-0.15, -0.1) is 11.3 Å². The van der Waals surface area contributed by atoms with Gasteiger partial charge in [0.25, 0.3) is 0 Å². The maximum Gasteiger partial charge on any atom is 0.103 e. The van der Waals surface area contributed by atoms with Crippen molar-refractivity contribution in [1.29, 1.82) is 0 Å². The fraction of sp³-hybridized carbons (Fsp3) is 0.300. The lowest BCUT2D eigenvalue weighted by molar-refractivity contribution is 0.708. The van der Waals surface area contributed by atoms with E-state index in [1.165, 1.54) is 10.6 Å². The quantitative estimate of drug-likeness (QED) is 0.941. The molecular weight excluding hydrogens is 274 g/mol. The van der Waals surface area contributed by atoms with Gasteiger partial charge in [-0.3, -0.25) is 4.68 Å². The van der Waals surface area contributed by atoms with Crippen LogP contribution in [0.1, 0.15) is 5.69 Å². The maximum absolute atomic E-state index is 5.54. The molecule has 0 amide bonds. The van der Waals surface area contributed by atoms with Crippen LogP contribution in [-0.2, 0) is 13.5 Å². The molecule has 0 saturated heterocycles. The minimum absolute atomic E-state index is 0.660.